The van der Waals surface area contributed by atoms with Crippen molar-refractivity contribution in [3.05, 3.63) is 100 Å². The monoisotopic (exact) mass is 460 g/mol. The van der Waals surface area contributed by atoms with Gasteiger partial charge in [0.25, 0.3) is 5.91 Å². The molecule has 0 bridgehead atoms. The third-order valence-corrected chi connectivity index (χ3v) is 6.36. The van der Waals surface area contributed by atoms with Gasteiger partial charge in [-0.2, -0.15) is 0 Å². The van der Waals surface area contributed by atoms with Gasteiger partial charge < -0.3 is 9.84 Å². The van der Waals surface area contributed by atoms with E-state index in [9.17, 15) is 18.3 Å². The van der Waals surface area contributed by atoms with Crippen molar-refractivity contribution in [2.45, 2.75) is 18.5 Å². The summed E-state index contributed by atoms with van der Waals surface area (Å²) in [6.07, 6.45) is 1.28. The number of halogens is 1. The van der Waals surface area contributed by atoms with Gasteiger partial charge in [0.15, 0.2) is 0 Å². The van der Waals surface area contributed by atoms with E-state index in [1.165, 1.54) is 36.5 Å². The molecule has 9 heteroatoms. The van der Waals surface area contributed by atoms with Crippen LogP contribution in [0.1, 0.15) is 32.4 Å². The van der Waals surface area contributed by atoms with Crippen LogP contribution in [0.4, 0.5) is 0 Å². The Kier molecular flexibility index (Phi) is 7.75. The predicted molar refractivity (Wildman–Crippen MR) is 117 cm³/mol. The average Bonchev–Trinajstić information content (AvgIpc) is 2.76. The van der Waals surface area contributed by atoms with Crippen LogP contribution in [0.3, 0.4) is 0 Å². The molecule has 1 aromatic heterocycles. The molecule has 2 aromatic carbocycles. The molecule has 3 aromatic rings. The van der Waals surface area contributed by atoms with Crippen molar-refractivity contribution in [1.82, 2.24) is 9.71 Å². The summed E-state index contributed by atoms with van der Waals surface area (Å²) in [5, 5.41) is 8.70. The van der Waals surface area contributed by atoms with Gasteiger partial charge in [0, 0.05) is 11.2 Å². The van der Waals surface area contributed by atoms with Gasteiger partial charge in [-0.1, -0.05) is 54.1 Å². The third-order valence-electron chi connectivity index (χ3n) is 4.47. The van der Waals surface area contributed by atoms with Crippen LogP contribution < -0.4 is 4.72 Å². The quantitative estimate of drug-likeness (QED) is 0.507. The molecule has 31 heavy (non-hydrogen) atoms. The zero-order valence-electron chi connectivity index (χ0n) is 16.4. The number of aliphatic hydroxyl groups excluding tert-OH is 1. The van der Waals surface area contributed by atoms with Gasteiger partial charge in [0.1, 0.15) is 5.25 Å². The van der Waals surface area contributed by atoms with E-state index in [1.807, 2.05) is 35.1 Å². The summed E-state index contributed by atoms with van der Waals surface area (Å²) in [5.74, 6) is -0.836. The summed E-state index contributed by atoms with van der Waals surface area (Å²) in [4.78, 5) is 16.6. The average molecular weight is 461 g/mol. The van der Waals surface area contributed by atoms with Gasteiger partial charge in [-0.05, 0) is 35.4 Å². The molecule has 1 heterocycles. The summed E-state index contributed by atoms with van der Waals surface area (Å²) in [5.41, 5.74) is 2.02. The van der Waals surface area contributed by atoms with E-state index in [2.05, 4.69) is 4.98 Å². The van der Waals surface area contributed by atoms with Crippen LogP contribution in [-0.2, 0) is 28.0 Å². The van der Waals surface area contributed by atoms with E-state index in [1.54, 1.807) is 6.07 Å². The molecule has 0 spiro atoms. The number of hydrogen-bond donors (Lipinski definition) is 2. The van der Waals surface area contributed by atoms with Crippen LogP contribution in [0.5, 0.6) is 0 Å². The molecule has 0 fully saturated rings. The normalized spacial score (nSPS) is 12.3. The molecule has 1 unspecified atom stereocenters. The number of carbonyl (C=O) groups is 1. The maximum Gasteiger partial charge on any atom is 0.266 e. The number of aliphatic hydroxyl groups is 1. The van der Waals surface area contributed by atoms with Crippen molar-refractivity contribution in [2.75, 3.05) is 6.61 Å². The maximum atomic E-state index is 12.6. The second-order valence-electron chi connectivity index (χ2n) is 6.72. The number of sulfonamides is 1. The lowest BCUT2D eigenvalue weighted by atomic mass is 10.1. The fourth-order valence-corrected chi connectivity index (χ4v) is 4.17. The second-order valence-corrected chi connectivity index (χ2v) is 9.02. The van der Waals surface area contributed by atoms with Crippen LogP contribution in [0.2, 0.25) is 5.02 Å². The van der Waals surface area contributed by atoms with E-state index in [4.69, 9.17) is 16.3 Å². The molecule has 0 aliphatic carbocycles. The van der Waals surface area contributed by atoms with Crippen LogP contribution in [0.25, 0.3) is 0 Å². The highest BCUT2D eigenvalue weighted by Gasteiger charge is 2.29. The van der Waals surface area contributed by atoms with Gasteiger partial charge in [0.05, 0.1) is 31.1 Å². The second kappa shape index (κ2) is 10.5. The largest absolute Gasteiger partial charge is 0.395 e. The van der Waals surface area contributed by atoms with E-state index in [0.29, 0.717) is 22.9 Å². The van der Waals surface area contributed by atoms with Crippen LogP contribution in [0, 0.1) is 0 Å². The minimum atomic E-state index is -4.19. The number of nitrogens with zero attached hydrogens (tertiary/aromatic N) is 1. The number of nitrogens with one attached hydrogen (secondary N) is 1. The van der Waals surface area contributed by atoms with Gasteiger partial charge in [-0.15, -0.1) is 0 Å². The Morgan fingerprint density at radius 2 is 1.74 bits per heavy atom. The lowest BCUT2D eigenvalue weighted by Crippen LogP contribution is -2.35. The first-order chi connectivity index (χ1) is 14.9. The highest BCUT2D eigenvalue weighted by molar-refractivity contribution is 7.90. The van der Waals surface area contributed by atoms with Crippen molar-refractivity contribution in [1.29, 1.82) is 0 Å². The molecule has 2 N–H and O–H groups in total. The third kappa shape index (κ3) is 6.35. The summed E-state index contributed by atoms with van der Waals surface area (Å²) in [6.45, 7) is -0.0192. The summed E-state index contributed by atoms with van der Waals surface area (Å²) < 4.78 is 32.8. The number of ether oxygens (including phenoxy) is 1. The van der Waals surface area contributed by atoms with E-state index in [-0.39, 0.29) is 12.2 Å². The molecule has 7 nitrogen and oxygen atoms in total. The first-order valence-corrected chi connectivity index (χ1v) is 11.3. The molecule has 0 aliphatic rings. The fourth-order valence-electron chi connectivity index (χ4n) is 2.81. The van der Waals surface area contributed by atoms with Crippen molar-refractivity contribution < 1.29 is 23.1 Å². The molecule has 1 amide bonds. The highest BCUT2D eigenvalue weighted by atomic mass is 35.5. The van der Waals surface area contributed by atoms with Crippen LogP contribution in [0.15, 0.2) is 72.9 Å². The lowest BCUT2D eigenvalue weighted by Gasteiger charge is -2.16. The Labute approximate surface area is 185 Å². The summed E-state index contributed by atoms with van der Waals surface area (Å²) in [7, 11) is -4.19. The number of rotatable bonds is 9. The molecular weight excluding hydrogens is 440 g/mol. The standard InChI is InChI=1S/C22H21ClN2O5S/c23-19-9-6-17(7-10-19)21(13-26)31(28,29)25-22(27)18-8-11-20(24-12-18)15-30-14-16-4-2-1-3-5-16/h1-12,21,26H,13-15H2,(H,25,27). The number of carbonyl (C=O) groups excluding carboxylic acids is 1. The molecule has 3 rings (SSSR count). The Balaban J connectivity index is 1.60. The minimum absolute atomic E-state index is 0.0724. The molecule has 0 saturated heterocycles. The van der Waals surface area contributed by atoms with Crippen molar-refractivity contribution in [3.63, 3.8) is 0 Å². The van der Waals surface area contributed by atoms with Crippen molar-refractivity contribution in [3.8, 4) is 0 Å². The van der Waals surface area contributed by atoms with Gasteiger partial charge in [-0.3, -0.25) is 9.78 Å². The summed E-state index contributed by atoms with van der Waals surface area (Å²) in [6, 6.07) is 18.7. The topological polar surface area (TPSA) is 106 Å². The minimum Gasteiger partial charge on any atom is -0.395 e. The van der Waals surface area contributed by atoms with Crippen molar-refractivity contribution >= 4 is 27.5 Å². The van der Waals surface area contributed by atoms with E-state index < -0.39 is 27.8 Å². The zero-order chi connectivity index (χ0) is 22.3. The van der Waals surface area contributed by atoms with E-state index in [0.717, 1.165) is 5.56 Å². The van der Waals surface area contributed by atoms with Crippen LogP contribution in [-0.4, -0.2) is 31.0 Å². The molecule has 0 radical (unpaired) electrons. The number of amides is 1. The fraction of sp³-hybridized carbons (Fsp3) is 0.182. The first kappa shape index (κ1) is 22.9. The Morgan fingerprint density at radius 1 is 1.03 bits per heavy atom. The highest BCUT2D eigenvalue weighted by Crippen LogP contribution is 2.23. The number of benzene rings is 2. The van der Waals surface area contributed by atoms with Gasteiger partial charge >= 0.3 is 0 Å². The zero-order valence-corrected chi connectivity index (χ0v) is 18.0. The van der Waals surface area contributed by atoms with Gasteiger partial charge in [-0.25, -0.2) is 13.1 Å². The molecule has 0 saturated carbocycles. The SMILES string of the molecule is O=C(NS(=O)(=O)C(CO)c1ccc(Cl)cc1)c1ccc(COCc2ccccc2)nc1. The molecule has 1 atom stereocenters. The predicted octanol–water partition coefficient (Wildman–Crippen LogP) is 3.25. The van der Waals surface area contributed by atoms with Crippen LogP contribution >= 0.6 is 11.6 Å². The Bertz CT molecular complexity index is 1100. The molecular formula is C22H21ClN2O5S. The molecule has 162 valence electrons. The Morgan fingerprint density at radius 3 is 2.35 bits per heavy atom. The molecule has 0 aliphatic heterocycles. The van der Waals surface area contributed by atoms with E-state index >= 15 is 0 Å². The first-order valence-electron chi connectivity index (χ1n) is 9.38. The maximum absolute atomic E-state index is 12.6. The number of hydrogen-bond acceptors (Lipinski definition) is 6. The smallest absolute Gasteiger partial charge is 0.266 e. The number of aromatic nitrogens is 1. The van der Waals surface area contributed by atoms with Crippen molar-refractivity contribution in [2.24, 2.45) is 0 Å². The summed E-state index contributed by atoms with van der Waals surface area (Å²) >= 11 is 5.82. The number of pyridine rings is 1. The van der Waals surface area contributed by atoms with Gasteiger partial charge in [0.2, 0.25) is 10.0 Å². The Hall–Kier alpha value is -2.78. The lowest BCUT2D eigenvalue weighted by molar-refractivity contribution is 0.0978.